The fraction of sp³-hybridized carbons (Fsp3) is 1.00. The van der Waals surface area contributed by atoms with Gasteiger partial charge in [-0.1, -0.05) is 0 Å². The molecule has 0 radical (unpaired) electrons. The van der Waals surface area contributed by atoms with Gasteiger partial charge in [-0.05, 0) is 0 Å². The maximum atomic E-state index is 14.4. The van der Waals surface area contributed by atoms with E-state index < -0.39 is 179 Å². The average molecular weight is 1110 g/mol. The molecule has 0 aromatic carbocycles. The van der Waals surface area contributed by atoms with E-state index in [1.165, 1.54) is 0 Å². The van der Waals surface area contributed by atoms with Crippen molar-refractivity contribution in [1.82, 2.24) is 0 Å². The standard InChI is InChI=1S/C29H28F32O8/c30-14(31,1-62)22(46,47)26(54,55)18(38,39)9-66-5-13(6-67-10-19(40,41)27(56,57)23(48,49)15(32,33)2-63,7-68-11-20(42,43)28(58,59)24(50,51)16(34,35)3-64)8-69-12-21(44,45)29(60,61)25(52,53)17(36,37)4-65/h62-65H,1-12H2. The van der Waals surface area contributed by atoms with Crippen molar-refractivity contribution in [3.05, 3.63) is 0 Å². The third kappa shape index (κ3) is 11.8. The van der Waals surface area contributed by atoms with Crippen molar-refractivity contribution in [3.63, 3.8) is 0 Å². The summed E-state index contributed by atoms with van der Waals surface area (Å²) < 4.78 is 460. The molecule has 4 N–H and O–H groups in total. The Bertz CT molecular complexity index is 1420. The third-order valence-corrected chi connectivity index (χ3v) is 8.81. The minimum absolute atomic E-state index is 3.01. The highest BCUT2D eigenvalue weighted by atomic mass is 19.4. The van der Waals surface area contributed by atoms with Gasteiger partial charge in [0.1, 0.15) is 52.9 Å². The molecule has 416 valence electrons. The number of alkyl halides is 32. The summed E-state index contributed by atoms with van der Waals surface area (Å²) in [5.41, 5.74) is -4.38. The second-order valence-corrected chi connectivity index (χ2v) is 14.3. The molecule has 0 bridgehead atoms. The molecule has 0 fully saturated rings. The second-order valence-electron chi connectivity index (χ2n) is 14.3. The maximum Gasteiger partial charge on any atom is 0.380 e. The fourth-order valence-electron chi connectivity index (χ4n) is 4.43. The SMILES string of the molecule is OCC(F)(F)C(F)(F)C(F)(F)C(F)(F)COCC(COCC(F)(F)C(F)(F)C(F)(F)C(F)(F)CO)(COCC(F)(F)C(F)(F)C(F)(F)C(F)(F)CO)COCC(F)(F)C(F)(F)C(F)(F)C(F)(F)CO. The number of hydrogen-bond acceptors (Lipinski definition) is 8. The lowest BCUT2D eigenvalue weighted by Gasteiger charge is -2.39. The van der Waals surface area contributed by atoms with Gasteiger partial charge < -0.3 is 39.4 Å². The summed E-state index contributed by atoms with van der Waals surface area (Å²) in [7, 11) is 0. The first-order valence-electron chi connectivity index (χ1n) is 16.9. The van der Waals surface area contributed by atoms with Crippen LogP contribution < -0.4 is 0 Å². The minimum atomic E-state index is -7.61. The van der Waals surface area contributed by atoms with Crippen LogP contribution in [0.4, 0.5) is 140 Å². The van der Waals surface area contributed by atoms with Gasteiger partial charge in [0.2, 0.25) is 0 Å². The van der Waals surface area contributed by atoms with Crippen LogP contribution in [0.1, 0.15) is 0 Å². The molecular formula is C29H28F32O8. The van der Waals surface area contributed by atoms with Crippen LogP contribution in [0.5, 0.6) is 0 Å². The van der Waals surface area contributed by atoms with E-state index in [1.807, 2.05) is 0 Å². The second kappa shape index (κ2) is 20.4. The normalized spacial score (nSPS) is 16.2. The molecule has 0 aliphatic carbocycles. The lowest BCUT2D eigenvalue weighted by molar-refractivity contribution is -0.380. The molecule has 8 nitrogen and oxygen atoms in total. The van der Waals surface area contributed by atoms with E-state index in [9.17, 15) is 140 Å². The highest BCUT2D eigenvalue weighted by Gasteiger charge is 2.83. The summed E-state index contributed by atoms with van der Waals surface area (Å²) in [4.78, 5) is 0. The quantitative estimate of drug-likeness (QED) is 0.0499. The van der Waals surface area contributed by atoms with Crippen molar-refractivity contribution in [2.45, 2.75) is 94.8 Å². The molecule has 40 heteroatoms. The van der Waals surface area contributed by atoms with Gasteiger partial charge in [0.05, 0.1) is 31.8 Å². The number of halogens is 32. The Morgan fingerprint density at radius 2 is 0.304 bits per heavy atom. The van der Waals surface area contributed by atoms with Gasteiger partial charge in [-0.2, -0.15) is 140 Å². The van der Waals surface area contributed by atoms with E-state index in [1.54, 1.807) is 0 Å². The first-order valence-corrected chi connectivity index (χ1v) is 16.9. The first-order chi connectivity index (χ1) is 30.1. The highest BCUT2D eigenvalue weighted by Crippen LogP contribution is 2.56. The number of aliphatic hydroxyl groups excluding tert-OH is 4. The molecule has 0 aromatic heterocycles. The molecule has 0 heterocycles. The van der Waals surface area contributed by atoms with E-state index in [-0.39, 0.29) is 0 Å². The van der Waals surface area contributed by atoms with Crippen LogP contribution in [-0.4, -0.2) is 194 Å². The van der Waals surface area contributed by atoms with Gasteiger partial charge in [0.15, 0.2) is 0 Å². The third-order valence-electron chi connectivity index (χ3n) is 8.81. The number of ether oxygens (including phenoxy) is 4. The number of rotatable bonds is 32. The highest BCUT2D eigenvalue weighted by molar-refractivity contribution is 5.07. The summed E-state index contributed by atoms with van der Waals surface area (Å²) in [6.45, 7) is -40.8. The number of aliphatic hydroxyl groups is 4. The van der Waals surface area contributed by atoms with Crippen LogP contribution in [0.15, 0.2) is 0 Å². The Hall–Kier alpha value is -2.56. The molecule has 0 amide bonds. The maximum absolute atomic E-state index is 14.4. The molecule has 0 unspecified atom stereocenters. The zero-order valence-corrected chi connectivity index (χ0v) is 32.5. The molecule has 0 saturated carbocycles. The van der Waals surface area contributed by atoms with Gasteiger partial charge in [0, 0.05) is 0 Å². The molecule has 0 aliphatic rings. The van der Waals surface area contributed by atoms with Crippen molar-refractivity contribution in [1.29, 1.82) is 0 Å². The summed E-state index contributed by atoms with van der Waals surface area (Å²) >= 11 is 0. The van der Waals surface area contributed by atoms with Gasteiger partial charge in [0.25, 0.3) is 0 Å². The summed E-state index contributed by atoms with van der Waals surface area (Å²) in [5, 5.41) is 33.0. The zero-order valence-electron chi connectivity index (χ0n) is 32.5. The van der Waals surface area contributed by atoms with Crippen LogP contribution in [0.2, 0.25) is 0 Å². The van der Waals surface area contributed by atoms with Crippen molar-refractivity contribution in [2.24, 2.45) is 5.41 Å². The molecule has 0 saturated heterocycles. The van der Waals surface area contributed by atoms with Crippen molar-refractivity contribution in [2.75, 3.05) is 79.3 Å². The van der Waals surface area contributed by atoms with Gasteiger partial charge >= 0.3 is 94.8 Å². The van der Waals surface area contributed by atoms with E-state index in [2.05, 4.69) is 18.9 Å². The monoisotopic (exact) mass is 1110 g/mol. The van der Waals surface area contributed by atoms with Gasteiger partial charge in [-0.3, -0.25) is 0 Å². The molecule has 0 atom stereocenters. The zero-order chi connectivity index (χ0) is 55.8. The van der Waals surface area contributed by atoms with Crippen LogP contribution >= 0.6 is 0 Å². The van der Waals surface area contributed by atoms with E-state index in [4.69, 9.17) is 20.4 Å². The van der Waals surface area contributed by atoms with Crippen LogP contribution in [-0.2, 0) is 18.9 Å². The predicted molar refractivity (Wildman–Crippen MR) is 153 cm³/mol. The Balaban J connectivity index is 7.81. The lowest BCUT2D eigenvalue weighted by Crippen LogP contribution is -2.65. The number of hydrogen-bond donors (Lipinski definition) is 4. The van der Waals surface area contributed by atoms with Crippen LogP contribution in [0.25, 0.3) is 0 Å². The van der Waals surface area contributed by atoms with Gasteiger partial charge in [-0.25, -0.2) is 0 Å². The lowest BCUT2D eigenvalue weighted by atomic mass is 9.91. The molecule has 0 rings (SSSR count). The van der Waals surface area contributed by atoms with E-state index >= 15 is 0 Å². The first kappa shape index (κ1) is 66.4. The van der Waals surface area contributed by atoms with Crippen molar-refractivity contribution in [3.8, 4) is 0 Å². The van der Waals surface area contributed by atoms with Crippen molar-refractivity contribution >= 4 is 0 Å². The Morgan fingerprint density at radius 3 is 0.420 bits per heavy atom. The molecular weight excluding hydrogens is 1080 g/mol. The predicted octanol–water partition coefficient (Wildman–Crippen LogP) is 8.17. The largest absolute Gasteiger partial charge is 0.390 e. The molecule has 0 spiro atoms. The topological polar surface area (TPSA) is 118 Å². The van der Waals surface area contributed by atoms with Crippen molar-refractivity contribution < 1.29 is 180 Å². The average Bonchev–Trinajstić information content (AvgIpc) is 3.19. The molecule has 0 aromatic rings. The summed E-state index contributed by atoms with van der Waals surface area (Å²) in [6, 6.07) is 0. The van der Waals surface area contributed by atoms with Crippen LogP contribution in [0, 0.1) is 5.41 Å². The van der Waals surface area contributed by atoms with E-state index in [0.29, 0.717) is 0 Å². The summed E-state index contributed by atoms with van der Waals surface area (Å²) in [6.07, 6.45) is 0. The Labute approximate surface area is 360 Å². The minimum Gasteiger partial charge on any atom is -0.390 e. The smallest absolute Gasteiger partial charge is 0.380 e. The van der Waals surface area contributed by atoms with E-state index in [0.717, 1.165) is 0 Å². The molecule has 69 heavy (non-hydrogen) atoms. The van der Waals surface area contributed by atoms with Crippen LogP contribution in [0.3, 0.4) is 0 Å². The fourth-order valence-corrected chi connectivity index (χ4v) is 4.43. The molecule has 0 aliphatic heterocycles. The summed E-state index contributed by atoms with van der Waals surface area (Å²) in [5.74, 6) is -115. The Morgan fingerprint density at radius 1 is 0.188 bits per heavy atom. The van der Waals surface area contributed by atoms with Gasteiger partial charge in [-0.15, -0.1) is 0 Å². The Kier molecular flexibility index (Phi) is 19.6.